The molecule has 0 saturated carbocycles. The third kappa shape index (κ3) is 3.90. The van der Waals surface area contributed by atoms with E-state index in [1.54, 1.807) is 0 Å². The third-order valence-electron chi connectivity index (χ3n) is 4.60. The first-order chi connectivity index (χ1) is 10.4. The molecule has 0 radical (unpaired) electrons. The van der Waals surface area contributed by atoms with Gasteiger partial charge in [-0.25, -0.2) is 13.1 Å². The summed E-state index contributed by atoms with van der Waals surface area (Å²) in [5.41, 5.74) is 0. The summed E-state index contributed by atoms with van der Waals surface area (Å²) in [7, 11) is -3.15. The molecule has 1 aromatic rings. The van der Waals surface area contributed by atoms with E-state index in [9.17, 15) is 8.42 Å². The van der Waals surface area contributed by atoms with Gasteiger partial charge in [-0.15, -0.1) is 0 Å². The van der Waals surface area contributed by atoms with Gasteiger partial charge in [0.15, 0.2) is 0 Å². The van der Waals surface area contributed by atoms with Crippen molar-refractivity contribution < 1.29 is 17.6 Å². The SMILES string of the molecule is Cc1ccc(CN2CC[C@@H]3[C@@H](CO[C@@H]3CNS(C)(=O)=O)C2)o1. The number of fused-ring (bicyclic) bond motifs is 1. The van der Waals surface area contributed by atoms with Crippen molar-refractivity contribution in [2.45, 2.75) is 26.0 Å². The van der Waals surface area contributed by atoms with Gasteiger partial charge < -0.3 is 9.15 Å². The second-order valence-electron chi connectivity index (χ2n) is 6.45. The van der Waals surface area contributed by atoms with Crippen LogP contribution in [0.5, 0.6) is 0 Å². The topological polar surface area (TPSA) is 71.8 Å². The van der Waals surface area contributed by atoms with Gasteiger partial charge in [-0.3, -0.25) is 4.90 Å². The van der Waals surface area contributed by atoms with Gasteiger partial charge in [0.05, 0.1) is 25.5 Å². The Morgan fingerprint density at radius 2 is 2.23 bits per heavy atom. The quantitative estimate of drug-likeness (QED) is 0.872. The van der Waals surface area contributed by atoms with Crippen LogP contribution in [0.15, 0.2) is 16.5 Å². The van der Waals surface area contributed by atoms with Crippen molar-refractivity contribution in [3.8, 4) is 0 Å². The average Bonchev–Trinajstić information content (AvgIpc) is 3.02. The molecule has 1 aromatic heterocycles. The fraction of sp³-hybridized carbons (Fsp3) is 0.733. The molecule has 1 N–H and O–H groups in total. The zero-order chi connectivity index (χ0) is 15.7. The first kappa shape index (κ1) is 16.0. The predicted octanol–water partition coefficient (Wildman–Crippen LogP) is 0.974. The average molecular weight is 328 g/mol. The third-order valence-corrected chi connectivity index (χ3v) is 5.29. The molecule has 0 spiro atoms. The number of furan rings is 1. The van der Waals surface area contributed by atoms with Gasteiger partial charge in [-0.05, 0) is 37.9 Å². The Morgan fingerprint density at radius 3 is 2.91 bits per heavy atom. The molecule has 0 amide bonds. The molecule has 0 aliphatic carbocycles. The lowest BCUT2D eigenvalue weighted by Gasteiger charge is -2.35. The number of nitrogens with one attached hydrogen (secondary N) is 1. The molecule has 2 saturated heterocycles. The van der Waals surface area contributed by atoms with Gasteiger partial charge in [-0.2, -0.15) is 0 Å². The summed E-state index contributed by atoms with van der Waals surface area (Å²) in [5, 5.41) is 0. The first-order valence-corrected chi connectivity index (χ1v) is 9.64. The summed E-state index contributed by atoms with van der Waals surface area (Å²) in [5.74, 6) is 2.88. The van der Waals surface area contributed by atoms with E-state index >= 15 is 0 Å². The van der Waals surface area contributed by atoms with Crippen LogP contribution in [-0.4, -0.2) is 51.9 Å². The van der Waals surface area contributed by atoms with Crippen molar-refractivity contribution in [3.05, 3.63) is 23.7 Å². The second-order valence-corrected chi connectivity index (χ2v) is 8.29. The number of sulfonamides is 1. The van der Waals surface area contributed by atoms with Crippen LogP contribution in [0.4, 0.5) is 0 Å². The van der Waals surface area contributed by atoms with Crippen molar-refractivity contribution in [1.29, 1.82) is 0 Å². The molecule has 7 heteroatoms. The maximum atomic E-state index is 11.2. The van der Waals surface area contributed by atoms with E-state index in [1.165, 1.54) is 6.26 Å². The molecule has 124 valence electrons. The smallest absolute Gasteiger partial charge is 0.208 e. The van der Waals surface area contributed by atoms with E-state index in [0.29, 0.717) is 25.0 Å². The Kier molecular flexibility index (Phi) is 4.59. The minimum absolute atomic E-state index is 0.00716. The number of hydrogen-bond donors (Lipinski definition) is 1. The summed E-state index contributed by atoms with van der Waals surface area (Å²) in [6.07, 6.45) is 2.24. The van der Waals surface area contributed by atoms with Crippen molar-refractivity contribution in [2.75, 3.05) is 32.5 Å². The van der Waals surface area contributed by atoms with Gasteiger partial charge in [0.2, 0.25) is 10.0 Å². The highest BCUT2D eigenvalue weighted by molar-refractivity contribution is 7.88. The van der Waals surface area contributed by atoms with Gasteiger partial charge in [0, 0.05) is 19.0 Å². The Bertz CT molecular complexity index is 613. The number of hydrogen-bond acceptors (Lipinski definition) is 5. The summed E-state index contributed by atoms with van der Waals surface area (Å²) in [4.78, 5) is 2.40. The van der Waals surface area contributed by atoms with Gasteiger partial charge in [0.25, 0.3) is 0 Å². The number of nitrogens with zero attached hydrogens (tertiary/aromatic N) is 1. The monoisotopic (exact) mass is 328 g/mol. The summed E-state index contributed by atoms with van der Waals surface area (Å²) in [6.45, 7) is 5.88. The fourth-order valence-electron chi connectivity index (χ4n) is 3.54. The molecule has 0 aromatic carbocycles. The fourth-order valence-corrected chi connectivity index (χ4v) is 4.01. The highest BCUT2D eigenvalue weighted by atomic mass is 32.2. The van der Waals surface area contributed by atoms with E-state index in [1.807, 2.05) is 19.1 Å². The molecular weight excluding hydrogens is 304 g/mol. The Morgan fingerprint density at radius 1 is 1.41 bits per heavy atom. The predicted molar refractivity (Wildman–Crippen MR) is 82.9 cm³/mol. The van der Waals surface area contributed by atoms with E-state index in [-0.39, 0.29) is 6.10 Å². The number of ether oxygens (including phenoxy) is 1. The standard InChI is InChI=1S/C15H24N2O4S/c1-11-3-4-13(21-11)9-17-6-5-14-12(8-17)10-20-15(14)7-16-22(2,18)19/h3-4,12,14-16H,5-10H2,1-2H3/t12-,14-,15-/m1/s1. The Labute approximate surface area is 131 Å². The van der Waals surface area contributed by atoms with Crippen LogP contribution in [0.2, 0.25) is 0 Å². The highest BCUT2D eigenvalue weighted by Crippen LogP contribution is 2.34. The summed E-state index contributed by atoms with van der Waals surface area (Å²) in [6, 6.07) is 4.03. The normalized spacial score (nSPS) is 29.6. The molecule has 3 rings (SSSR count). The maximum absolute atomic E-state index is 11.2. The maximum Gasteiger partial charge on any atom is 0.208 e. The van der Waals surface area contributed by atoms with Gasteiger partial charge in [0.1, 0.15) is 11.5 Å². The van der Waals surface area contributed by atoms with Crippen LogP contribution >= 0.6 is 0 Å². The summed E-state index contributed by atoms with van der Waals surface area (Å²) < 4.78 is 36.5. The van der Waals surface area contributed by atoms with Crippen LogP contribution in [-0.2, 0) is 21.3 Å². The lowest BCUT2D eigenvalue weighted by atomic mass is 9.84. The molecule has 2 fully saturated rings. The molecule has 3 heterocycles. The summed E-state index contributed by atoms with van der Waals surface area (Å²) >= 11 is 0. The van der Waals surface area contributed by atoms with E-state index in [2.05, 4.69) is 9.62 Å². The van der Waals surface area contributed by atoms with Crippen molar-refractivity contribution in [3.63, 3.8) is 0 Å². The molecule has 3 atom stereocenters. The van der Waals surface area contributed by atoms with E-state index < -0.39 is 10.0 Å². The number of piperidine rings is 1. The Hall–Kier alpha value is -0.890. The van der Waals surface area contributed by atoms with Crippen molar-refractivity contribution >= 4 is 10.0 Å². The van der Waals surface area contributed by atoms with Crippen LogP contribution in [0.25, 0.3) is 0 Å². The van der Waals surface area contributed by atoms with E-state index in [4.69, 9.17) is 9.15 Å². The molecule has 2 aliphatic heterocycles. The second kappa shape index (κ2) is 6.31. The number of likely N-dealkylation sites (tertiary alicyclic amines) is 1. The van der Waals surface area contributed by atoms with Crippen LogP contribution < -0.4 is 4.72 Å². The first-order valence-electron chi connectivity index (χ1n) is 7.74. The van der Waals surface area contributed by atoms with Crippen LogP contribution in [0, 0.1) is 18.8 Å². The minimum atomic E-state index is -3.15. The largest absolute Gasteiger partial charge is 0.465 e. The highest BCUT2D eigenvalue weighted by Gasteiger charge is 2.40. The van der Waals surface area contributed by atoms with Gasteiger partial charge >= 0.3 is 0 Å². The van der Waals surface area contributed by atoms with E-state index in [0.717, 1.165) is 37.6 Å². The van der Waals surface area contributed by atoms with Crippen molar-refractivity contribution in [2.24, 2.45) is 11.8 Å². The lowest BCUT2D eigenvalue weighted by molar-refractivity contribution is 0.0877. The number of rotatable bonds is 5. The molecule has 0 bridgehead atoms. The zero-order valence-corrected chi connectivity index (χ0v) is 13.9. The lowest BCUT2D eigenvalue weighted by Crippen LogP contribution is -2.43. The van der Waals surface area contributed by atoms with Gasteiger partial charge in [-0.1, -0.05) is 0 Å². The molecule has 6 nitrogen and oxygen atoms in total. The van der Waals surface area contributed by atoms with Crippen LogP contribution in [0.3, 0.4) is 0 Å². The molecule has 0 unspecified atom stereocenters. The number of aryl methyl sites for hydroxylation is 1. The minimum Gasteiger partial charge on any atom is -0.465 e. The van der Waals surface area contributed by atoms with Crippen LogP contribution in [0.1, 0.15) is 17.9 Å². The van der Waals surface area contributed by atoms with Crippen molar-refractivity contribution in [1.82, 2.24) is 9.62 Å². The molecule has 2 aliphatic rings. The zero-order valence-electron chi connectivity index (χ0n) is 13.1. The molecule has 22 heavy (non-hydrogen) atoms. The Balaban J connectivity index is 1.53. The molecular formula is C15H24N2O4S.